The monoisotopic (exact) mass is 293 g/mol. The van der Waals surface area contributed by atoms with Crippen LogP contribution >= 0.6 is 0 Å². The van der Waals surface area contributed by atoms with Crippen molar-refractivity contribution < 1.29 is 0 Å². The standard InChI is InChI=1S/C16H31N5/c1-12(9-16(2,3)4)8-14-18-15(20-19-14)21-7-5-6-13(10-17)11-21/h12-13H,5-11,17H2,1-4H3,(H,18,19,20). The predicted octanol–water partition coefficient (Wildman–Crippen LogP) is 2.59. The van der Waals surface area contributed by atoms with Gasteiger partial charge in [0.1, 0.15) is 5.82 Å². The predicted molar refractivity (Wildman–Crippen MR) is 87.3 cm³/mol. The smallest absolute Gasteiger partial charge is 0.244 e. The van der Waals surface area contributed by atoms with Crippen LogP contribution in [0.5, 0.6) is 0 Å². The van der Waals surface area contributed by atoms with Crippen LogP contribution < -0.4 is 10.6 Å². The van der Waals surface area contributed by atoms with Crippen LogP contribution in [0.3, 0.4) is 0 Å². The highest BCUT2D eigenvalue weighted by Crippen LogP contribution is 2.26. The van der Waals surface area contributed by atoms with E-state index in [-0.39, 0.29) is 0 Å². The summed E-state index contributed by atoms with van der Waals surface area (Å²) in [5.41, 5.74) is 6.16. The molecule has 2 rings (SSSR count). The maximum absolute atomic E-state index is 5.80. The molecule has 0 radical (unpaired) electrons. The zero-order valence-electron chi connectivity index (χ0n) is 14.0. The Kier molecular flexibility index (Phi) is 5.25. The number of H-pyrrole nitrogens is 1. The zero-order chi connectivity index (χ0) is 15.5. The molecule has 0 spiro atoms. The van der Waals surface area contributed by atoms with E-state index in [0.29, 0.717) is 17.3 Å². The Balaban J connectivity index is 1.92. The summed E-state index contributed by atoms with van der Waals surface area (Å²) in [7, 11) is 0. The number of nitrogens with zero attached hydrogens (tertiary/aromatic N) is 3. The molecule has 5 nitrogen and oxygen atoms in total. The van der Waals surface area contributed by atoms with Crippen LogP contribution in [0, 0.1) is 17.3 Å². The third kappa shape index (κ3) is 4.99. The molecule has 1 aromatic heterocycles. The van der Waals surface area contributed by atoms with E-state index >= 15 is 0 Å². The zero-order valence-corrected chi connectivity index (χ0v) is 14.0. The molecule has 3 N–H and O–H groups in total. The molecular weight excluding hydrogens is 262 g/mol. The van der Waals surface area contributed by atoms with E-state index in [1.54, 1.807) is 0 Å². The van der Waals surface area contributed by atoms with Crippen molar-refractivity contribution in [2.45, 2.75) is 53.4 Å². The van der Waals surface area contributed by atoms with Crippen LogP contribution in [0.25, 0.3) is 0 Å². The number of hydrogen-bond acceptors (Lipinski definition) is 4. The normalized spacial score (nSPS) is 21.6. The van der Waals surface area contributed by atoms with Gasteiger partial charge < -0.3 is 10.6 Å². The average Bonchev–Trinajstić information content (AvgIpc) is 2.85. The van der Waals surface area contributed by atoms with E-state index < -0.39 is 0 Å². The van der Waals surface area contributed by atoms with Gasteiger partial charge >= 0.3 is 0 Å². The van der Waals surface area contributed by atoms with E-state index in [1.165, 1.54) is 19.3 Å². The fourth-order valence-electron chi connectivity index (χ4n) is 3.40. The third-order valence-corrected chi connectivity index (χ3v) is 4.16. The number of nitrogens with two attached hydrogens (primary N) is 1. The molecule has 120 valence electrons. The SMILES string of the molecule is CC(Cc1nc(N2CCCC(CN)C2)n[nH]1)CC(C)(C)C. The highest BCUT2D eigenvalue weighted by atomic mass is 15.4. The van der Waals surface area contributed by atoms with Crippen molar-refractivity contribution in [2.24, 2.45) is 23.0 Å². The maximum atomic E-state index is 5.80. The summed E-state index contributed by atoms with van der Waals surface area (Å²) in [6, 6.07) is 0. The Hall–Kier alpha value is -1.10. The molecule has 1 aliphatic heterocycles. The molecular formula is C16H31N5. The molecule has 1 aromatic rings. The van der Waals surface area contributed by atoms with Gasteiger partial charge in [0.15, 0.2) is 0 Å². The van der Waals surface area contributed by atoms with Crippen LogP contribution in [0.1, 0.15) is 52.8 Å². The van der Waals surface area contributed by atoms with Crippen molar-refractivity contribution in [1.29, 1.82) is 0 Å². The van der Waals surface area contributed by atoms with Crippen LogP contribution in [0.2, 0.25) is 0 Å². The summed E-state index contributed by atoms with van der Waals surface area (Å²) < 4.78 is 0. The molecule has 2 heterocycles. The number of piperidine rings is 1. The molecule has 0 aliphatic carbocycles. The number of nitrogens with one attached hydrogen (secondary N) is 1. The van der Waals surface area contributed by atoms with Crippen molar-refractivity contribution in [1.82, 2.24) is 15.2 Å². The lowest BCUT2D eigenvalue weighted by atomic mass is 9.84. The minimum Gasteiger partial charge on any atom is -0.339 e. The molecule has 1 saturated heterocycles. The average molecular weight is 293 g/mol. The molecule has 21 heavy (non-hydrogen) atoms. The second-order valence-electron chi connectivity index (χ2n) is 7.85. The Morgan fingerprint density at radius 2 is 2.19 bits per heavy atom. The van der Waals surface area contributed by atoms with Gasteiger partial charge in [-0.25, -0.2) is 0 Å². The molecule has 2 unspecified atom stereocenters. The number of aromatic nitrogens is 3. The number of anilines is 1. The van der Waals surface area contributed by atoms with Crippen LogP contribution in [-0.4, -0.2) is 34.8 Å². The summed E-state index contributed by atoms with van der Waals surface area (Å²) in [5.74, 6) is 3.06. The Labute approximate surface area is 128 Å². The van der Waals surface area contributed by atoms with E-state index in [2.05, 4.69) is 42.8 Å². The molecule has 0 bridgehead atoms. The maximum Gasteiger partial charge on any atom is 0.244 e. The van der Waals surface area contributed by atoms with Gasteiger partial charge in [-0.1, -0.05) is 27.7 Å². The van der Waals surface area contributed by atoms with Crippen molar-refractivity contribution in [3.05, 3.63) is 5.82 Å². The topological polar surface area (TPSA) is 70.8 Å². The summed E-state index contributed by atoms with van der Waals surface area (Å²) in [6.07, 6.45) is 4.58. The lowest BCUT2D eigenvalue weighted by Crippen LogP contribution is -2.39. The second-order valence-corrected chi connectivity index (χ2v) is 7.85. The summed E-state index contributed by atoms with van der Waals surface area (Å²) in [5, 5.41) is 7.53. The molecule has 1 aliphatic rings. The minimum absolute atomic E-state index is 0.365. The molecule has 0 amide bonds. The Bertz CT molecular complexity index is 434. The van der Waals surface area contributed by atoms with Gasteiger partial charge in [0.2, 0.25) is 5.95 Å². The van der Waals surface area contributed by atoms with Gasteiger partial charge in [0.25, 0.3) is 0 Å². The van der Waals surface area contributed by atoms with E-state index in [0.717, 1.165) is 37.8 Å². The summed E-state index contributed by atoms with van der Waals surface area (Å²) in [4.78, 5) is 6.96. The van der Waals surface area contributed by atoms with E-state index in [4.69, 9.17) is 10.7 Å². The Morgan fingerprint density at radius 1 is 1.43 bits per heavy atom. The molecule has 1 fully saturated rings. The number of rotatable bonds is 5. The minimum atomic E-state index is 0.365. The first-order valence-electron chi connectivity index (χ1n) is 8.23. The van der Waals surface area contributed by atoms with Crippen molar-refractivity contribution in [2.75, 3.05) is 24.5 Å². The van der Waals surface area contributed by atoms with Gasteiger partial charge in [-0.15, -0.1) is 5.10 Å². The van der Waals surface area contributed by atoms with Gasteiger partial charge in [0.05, 0.1) is 0 Å². The molecule has 0 saturated carbocycles. The van der Waals surface area contributed by atoms with Crippen LogP contribution in [0.15, 0.2) is 0 Å². The van der Waals surface area contributed by atoms with Crippen molar-refractivity contribution >= 4 is 5.95 Å². The lowest BCUT2D eigenvalue weighted by Gasteiger charge is -2.31. The van der Waals surface area contributed by atoms with Gasteiger partial charge in [0, 0.05) is 19.5 Å². The molecule has 5 heteroatoms. The number of hydrogen-bond donors (Lipinski definition) is 2. The summed E-state index contributed by atoms with van der Waals surface area (Å²) in [6.45, 7) is 12.0. The third-order valence-electron chi connectivity index (χ3n) is 4.16. The van der Waals surface area contributed by atoms with Crippen LogP contribution in [0.4, 0.5) is 5.95 Å². The van der Waals surface area contributed by atoms with E-state index in [1.807, 2.05) is 0 Å². The Morgan fingerprint density at radius 3 is 2.86 bits per heavy atom. The van der Waals surface area contributed by atoms with E-state index in [9.17, 15) is 0 Å². The first-order chi connectivity index (χ1) is 9.87. The van der Waals surface area contributed by atoms with Gasteiger partial charge in [-0.05, 0) is 43.1 Å². The fraction of sp³-hybridized carbons (Fsp3) is 0.875. The second kappa shape index (κ2) is 6.77. The number of aromatic amines is 1. The lowest BCUT2D eigenvalue weighted by molar-refractivity contribution is 0.304. The van der Waals surface area contributed by atoms with Crippen LogP contribution in [-0.2, 0) is 6.42 Å². The first kappa shape index (κ1) is 16.3. The highest BCUT2D eigenvalue weighted by Gasteiger charge is 2.22. The van der Waals surface area contributed by atoms with Gasteiger partial charge in [-0.2, -0.15) is 4.98 Å². The van der Waals surface area contributed by atoms with Crippen molar-refractivity contribution in [3.8, 4) is 0 Å². The fourth-order valence-corrected chi connectivity index (χ4v) is 3.40. The highest BCUT2D eigenvalue weighted by molar-refractivity contribution is 5.29. The van der Waals surface area contributed by atoms with Crippen molar-refractivity contribution in [3.63, 3.8) is 0 Å². The molecule has 2 atom stereocenters. The first-order valence-corrected chi connectivity index (χ1v) is 8.23. The molecule has 0 aromatic carbocycles. The quantitative estimate of drug-likeness (QED) is 0.875. The summed E-state index contributed by atoms with van der Waals surface area (Å²) >= 11 is 0. The van der Waals surface area contributed by atoms with Gasteiger partial charge in [-0.3, -0.25) is 5.10 Å². The largest absolute Gasteiger partial charge is 0.339 e.